The molecule has 0 bridgehead atoms. The maximum Gasteiger partial charge on any atom is 0.249 e. The van der Waals surface area contributed by atoms with Crippen molar-refractivity contribution in [2.24, 2.45) is 0 Å². The fourth-order valence-corrected chi connectivity index (χ4v) is 1.33. The van der Waals surface area contributed by atoms with Gasteiger partial charge in [0.2, 0.25) is 5.91 Å². The minimum atomic E-state index is -0.333. The number of benzene rings is 1. The molecule has 15 heavy (non-hydrogen) atoms. The van der Waals surface area contributed by atoms with E-state index in [9.17, 15) is 4.79 Å². The van der Waals surface area contributed by atoms with Crippen LogP contribution in [0, 0.1) is 0 Å². The zero-order chi connectivity index (χ0) is 10.8. The molecule has 0 aliphatic heterocycles. The number of amides is 1. The van der Waals surface area contributed by atoms with Gasteiger partial charge in [-0.2, -0.15) is 0 Å². The van der Waals surface area contributed by atoms with Crippen molar-refractivity contribution >= 4 is 34.3 Å². The molecule has 1 N–H and O–H groups in total. The number of nitrogens with zero attached hydrogens (tertiary/aromatic N) is 1. The van der Waals surface area contributed by atoms with Crippen molar-refractivity contribution in [3.8, 4) is 0 Å². The molecule has 0 aliphatic carbocycles. The van der Waals surface area contributed by atoms with Gasteiger partial charge >= 0.3 is 0 Å². The normalized spacial score (nSPS) is 10.2. The molecule has 1 aromatic carbocycles. The zero-order valence-electron chi connectivity index (χ0n) is 7.66. The Balaban J connectivity index is 2.45. The molecule has 5 heteroatoms. The molecular formula is C10H7ClN2O2. The summed E-state index contributed by atoms with van der Waals surface area (Å²) in [4.78, 5) is 11.1. The Kier molecular flexibility index (Phi) is 2.43. The van der Waals surface area contributed by atoms with Crippen LogP contribution in [0.25, 0.3) is 11.0 Å². The highest BCUT2D eigenvalue weighted by molar-refractivity contribution is 6.31. The van der Waals surface area contributed by atoms with E-state index in [1.807, 2.05) is 0 Å². The lowest BCUT2D eigenvalue weighted by molar-refractivity contribution is -0.111. The standard InChI is InChI=1S/C10H7ClN2O2/c1-2-9(14)12-10-7-4-3-6(11)5-8(7)15-13-10/h2-5H,1H2,(H,12,13,14). The second-order valence-corrected chi connectivity index (χ2v) is 3.30. The molecule has 0 aliphatic rings. The number of rotatable bonds is 2. The van der Waals surface area contributed by atoms with Crippen molar-refractivity contribution in [1.82, 2.24) is 5.16 Å². The van der Waals surface area contributed by atoms with E-state index in [0.29, 0.717) is 21.8 Å². The predicted molar refractivity (Wildman–Crippen MR) is 57.8 cm³/mol. The summed E-state index contributed by atoms with van der Waals surface area (Å²) in [6, 6.07) is 5.06. The summed E-state index contributed by atoms with van der Waals surface area (Å²) in [7, 11) is 0. The highest BCUT2D eigenvalue weighted by Gasteiger charge is 2.09. The van der Waals surface area contributed by atoms with E-state index in [0.717, 1.165) is 6.08 Å². The first-order valence-electron chi connectivity index (χ1n) is 4.19. The molecule has 4 nitrogen and oxygen atoms in total. The maximum atomic E-state index is 11.1. The van der Waals surface area contributed by atoms with Gasteiger partial charge in [-0.3, -0.25) is 4.79 Å². The predicted octanol–water partition coefficient (Wildman–Crippen LogP) is 2.61. The van der Waals surface area contributed by atoms with Gasteiger partial charge in [-0.15, -0.1) is 0 Å². The van der Waals surface area contributed by atoms with Crippen LogP contribution in [-0.4, -0.2) is 11.1 Å². The molecule has 76 valence electrons. The van der Waals surface area contributed by atoms with E-state index in [2.05, 4.69) is 17.1 Å². The van der Waals surface area contributed by atoms with Crippen molar-refractivity contribution < 1.29 is 9.32 Å². The van der Waals surface area contributed by atoms with Crippen molar-refractivity contribution in [3.05, 3.63) is 35.9 Å². The van der Waals surface area contributed by atoms with E-state index in [4.69, 9.17) is 16.1 Å². The number of anilines is 1. The average molecular weight is 223 g/mol. The summed E-state index contributed by atoms with van der Waals surface area (Å²) in [6.07, 6.45) is 1.16. The zero-order valence-corrected chi connectivity index (χ0v) is 8.41. The Morgan fingerprint density at radius 2 is 2.40 bits per heavy atom. The minimum absolute atomic E-state index is 0.333. The van der Waals surface area contributed by atoms with Crippen molar-refractivity contribution in [1.29, 1.82) is 0 Å². The molecule has 0 saturated heterocycles. The molecule has 1 heterocycles. The number of fused-ring (bicyclic) bond motifs is 1. The Bertz CT molecular complexity index is 533. The second-order valence-electron chi connectivity index (χ2n) is 2.87. The molecule has 0 radical (unpaired) electrons. The van der Waals surface area contributed by atoms with Crippen LogP contribution in [0.15, 0.2) is 35.4 Å². The molecule has 2 rings (SSSR count). The highest BCUT2D eigenvalue weighted by atomic mass is 35.5. The van der Waals surface area contributed by atoms with Crippen molar-refractivity contribution in [2.75, 3.05) is 5.32 Å². The molecule has 0 saturated carbocycles. The lowest BCUT2D eigenvalue weighted by Gasteiger charge is -1.95. The van der Waals surface area contributed by atoms with Crippen LogP contribution in [0.2, 0.25) is 5.02 Å². The smallest absolute Gasteiger partial charge is 0.249 e. The van der Waals surface area contributed by atoms with Gasteiger partial charge in [-0.1, -0.05) is 23.3 Å². The van der Waals surface area contributed by atoms with Gasteiger partial charge in [0, 0.05) is 11.1 Å². The van der Waals surface area contributed by atoms with E-state index < -0.39 is 0 Å². The van der Waals surface area contributed by atoms with Gasteiger partial charge in [0.1, 0.15) is 0 Å². The third kappa shape index (κ3) is 1.85. The summed E-state index contributed by atoms with van der Waals surface area (Å²) >= 11 is 5.77. The summed E-state index contributed by atoms with van der Waals surface area (Å²) in [6.45, 7) is 3.34. The van der Waals surface area contributed by atoms with Crippen LogP contribution >= 0.6 is 11.6 Å². The fourth-order valence-electron chi connectivity index (χ4n) is 1.17. The number of nitrogens with one attached hydrogen (secondary N) is 1. The Morgan fingerprint density at radius 1 is 1.60 bits per heavy atom. The first kappa shape index (κ1) is 9.73. The Morgan fingerprint density at radius 3 is 3.13 bits per heavy atom. The van der Waals surface area contributed by atoms with Gasteiger partial charge in [0.25, 0.3) is 0 Å². The van der Waals surface area contributed by atoms with Crippen LogP contribution in [0.3, 0.4) is 0 Å². The lowest BCUT2D eigenvalue weighted by Crippen LogP contribution is -2.07. The topological polar surface area (TPSA) is 55.1 Å². The largest absolute Gasteiger partial charge is 0.354 e. The quantitative estimate of drug-likeness (QED) is 0.795. The van der Waals surface area contributed by atoms with Crippen LogP contribution in [0.1, 0.15) is 0 Å². The Hall–Kier alpha value is -1.81. The number of halogens is 1. The average Bonchev–Trinajstić information content (AvgIpc) is 2.60. The number of aromatic nitrogens is 1. The lowest BCUT2D eigenvalue weighted by atomic mass is 10.2. The van der Waals surface area contributed by atoms with Gasteiger partial charge < -0.3 is 9.84 Å². The number of carbonyl (C=O) groups excluding carboxylic acids is 1. The SMILES string of the molecule is C=CC(=O)Nc1noc2cc(Cl)ccc12. The van der Waals surface area contributed by atoms with Gasteiger partial charge in [-0.05, 0) is 18.2 Å². The van der Waals surface area contributed by atoms with Crippen LogP contribution < -0.4 is 5.32 Å². The van der Waals surface area contributed by atoms with Gasteiger partial charge in [0.05, 0.1) is 5.39 Å². The van der Waals surface area contributed by atoms with E-state index in [-0.39, 0.29) is 5.91 Å². The number of hydrogen-bond donors (Lipinski definition) is 1. The second kappa shape index (κ2) is 3.74. The van der Waals surface area contributed by atoms with E-state index >= 15 is 0 Å². The van der Waals surface area contributed by atoms with Gasteiger partial charge in [-0.25, -0.2) is 0 Å². The van der Waals surface area contributed by atoms with Gasteiger partial charge in [0.15, 0.2) is 11.4 Å². The fraction of sp³-hybridized carbons (Fsp3) is 0. The monoisotopic (exact) mass is 222 g/mol. The third-order valence-corrected chi connectivity index (χ3v) is 2.10. The first-order chi connectivity index (χ1) is 7.20. The van der Waals surface area contributed by atoms with Crippen molar-refractivity contribution in [2.45, 2.75) is 0 Å². The number of hydrogen-bond acceptors (Lipinski definition) is 3. The van der Waals surface area contributed by atoms with Crippen LogP contribution in [0.4, 0.5) is 5.82 Å². The summed E-state index contributed by atoms with van der Waals surface area (Å²) < 4.78 is 4.99. The molecule has 1 amide bonds. The van der Waals surface area contributed by atoms with Crippen molar-refractivity contribution in [3.63, 3.8) is 0 Å². The van der Waals surface area contributed by atoms with Crippen LogP contribution in [-0.2, 0) is 4.79 Å². The molecule has 2 aromatic rings. The number of carbonyl (C=O) groups is 1. The molecule has 0 fully saturated rings. The summed E-state index contributed by atoms with van der Waals surface area (Å²) in [5, 5.41) is 7.50. The minimum Gasteiger partial charge on any atom is -0.354 e. The Labute approximate surface area is 90.5 Å². The maximum absolute atomic E-state index is 11.1. The van der Waals surface area contributed by atoms with E-state index in [1.54, 1.807) is 18.2 Å². The van der Waals surface area contributed by atoms with Crippen LogP contribution in [0.5, 0.6) is 0 Å². The first-order valence-corrected chi connectivity index (χ1v) is 4.57. The highest BCUT2D eigenvalue weighted by Crippen LogP contribution is 2.25. The molecule has 0 unspecified atom stereocenters. The summed E-state index contributed by atoms with van der Waals surface area (Å²) in [5.41, 5.74) is 0.530. The van der Waals surface area contributed by atoms with E-state index in [1.165, 1.54) is 0 Å². The molecule has 0 spiro atoms. The third-order valence-electron chi connectivity index (χ3n) is 1.86. The molecule has 0 atom stereocenters. The summed E-state index contributed by atoms with van der Waals surface area (Å²) in [5.74, 6) is 0.0340. The molecular weight excluding hydrogens is 216 g/mol. The molecule has 1 aromatic heterocycles.